The molecule has 0 saturated heterocycles. The Labute approximate surface area is 823 Å². The first-order chi connectivity index (χ1) is 71.0. The van der Waals surface area contributed by atoms with Gasteiger partial charge in [0.25, 0.3) is 0 Å². The zero-order valence-corrected chi connectivity index (χ0v) is 77.7. The highest BCUT2D eigenvalue weighted by Crippen LogP contribution is 2.54. The third-order valence-corrected chi connectivity index (χ3v) is 29.5. The standard InChI is InChI=1S/C51H31NO.C45H27NO.C42H27N/c1-2-14-35(15-3-1)51-52-46-30-29-44-45(31-36-16-5-7-19-39(36)49(44)50(46)53-51)48-42-22-10-8-20-40(42)47(41-21-9-11-23-43(41)48)34-27-25-33(26-28-34)38-24-12-17-32-13-4-6-18-37(32)38;1-2-14-29(15-3-1)45-46-40-26-25-38-39(27-30-16-5-7-19-32(30)43(38)44(40)47-45)42-36-22-10-8-20-34(36)41(35-21-9-11-23-37(35)42)33-24-12-17-28-13-4-6-18-31(28)33;1-2-13-29(14-3-1)41-35-17-6-8-19-37(35)42(38-20-9-7-18-36(38)41)31-23-25-34-33-16-10-11-21-39(33)43(40(34)27-31)32-24-22-28-12-4-5-15-30(28)26-32/h1-31H;1-27H;1-27H. The molecular weight excluding hydrogens is 1730 g/mol. The van der Waals surface area contributed by atoms with Crippen molar-refractivity contribution in [3.05, 3.63) is 516 Å². The van der Waals surface area contributed by atoms with E-state index in [0.717, 1.165) is 65.6 Å². The third kappa shape index (κ3) is 13.7. The maximum Gasteiger partial charge on any atom is 0.227 e. The monoisotopic (exact) mass is 1820 g/mol. The topological polar surface area (TPSA) is 57.0 Å². The van der Waals surface area contributed by atoms with E-state index >= 15 is 0 Å². The Morgan fingerprint density at radius 2 is 0.462 bits per heavy atom. The number of hydrogen-bond donors (Lipinski definition) is 0. The van der Waals surface area contributed by atoms with Crippen LogP contribution >= 0.6 is 0 Å². The van der Waals surface area contributed by atoms with Gasteiger partial charge in [-0.1, -0.05) is 443 Å². The molecule has 0 bridgehead atoms. The molecule has 0 amide bonds. The fraction of sp³-hybridized carbons (Fsp3) is 0. The molecule has 30 rings (SSSR count). The second-order valence-electron chi connectivity index (χ2n) is 37.4. The van der Waals surface area contributed by atoms with E-state index in [4.69, 9.17) is 18.8 Å². The van der Waals surface area contributed by atoms with E-state index in [1.807, 2.05) is 60.7 Å². The van der Waals surface area contributed by atoms with Gasteiger partial charge in [0, 0.05) is 38.4 Å². The first kappa shape index (κ1) is 82.3. The van der Waals surface area contributed by atoms with Crippen molar-refractivity contribution >= 4 is 184 Å². The van der Waals surface area contributed by atoms with Crippen LogP contribution in [0.3, 0.4) is 0 Å². The van der Waals surface area contributed by atoms with Crippen LogP contribution in [0.1, 0.15) is 0 Å². The van der Waals surface area contributed by atoms with Crippen LogP contribution in [0.4, 0.5) is 0 Å². The minimum atomic E-state index is 0.634. The molecule has 0 atom stereocenters. The summed E-state index contributed by atoms with van der Waals surface area (Å²) in [5.74, 6) is 1.27. The lowest BCUT2D eigenvalue weighted by Crippen LogP contribution is -1.94. The fourth-order valence-electron chi connectivity index (χ4n) is 23.2. The lowest BCUT2D eigenvalue weighted by molar-refractivity contribution is 0.623. The highest BCUT2D eigenvalue weighted by Gasteiger charge is 2.28. The van der Waals surface area contributed by atoms with Crippen LogP contribution in [0.25, 0.3) is 291 Å². The molecule has 0 unspecified atom stereocenters. The van der Waals surface area contributed by atoms with Crippen LogP contribution in [-0.2, 0) is 0 Å². The summed E-state index contributed by atoms with van der Waals surface area (Å²) in [6, 6.07) is 186. The van der Waals surface area contributed by atoms with Crippen molar-refractivity contribution in [1.29, 1.82) is 0 Å². The van der Waals surface area contributed by atoms with Gasteiger partial charge in [-0.3, -0.25) is 0 Å². The molecule has 27 aromatic carbocycles. The molecule has 0 aliphatic heterocycles. The van der Waals surface area contributed by atoms with Crippen LogP contribution in [0.2, 0.25) is 0 Å². The van der Waals surface area contributed by atoms with E-state index < -0.39 is 0 Å². The number of hydrogen-bond acceptors (Lipinski definition) is 4. The Kier molecular flexibility index (Phi) is 19.6. The lowest BCUT2D eigenvalue weighted by Gasteiger charge is -2.20. The Morgan fingerprint density at radius 1 is 0.154 bits per heavy atom. The first-order valence-electron chi connectivity index (χ1n) is 49.1. The number of fused-ring (bicyclic) bond motifs is 22. The Bertz CT molecular complexity index is 10300. The van der Waals surface area contributed by atoms with Gasteiger partial charge < -0.3 is 13.4 Å². The van der Waals surface area contributed by atoms with Gasteiger partial charge in [0.15, 0.2) is 11.2 Å². The van der Waals surface area contributed by atoms with Crippen molar-refractivity contribution < 1.29 is 8.83 Å². The Hall–Kier alpha value is -18.9. The molecule has 5 heteroatoms. The minimum Gasteiger partial charge on any atom is -0.435 e. The van der Waals surface area contributed by atoms with Crippen molar-refractivity contribution in [2.24, 2.45) is 0 Å². The Morgan fingerprint density at radius 3 is 0.916 bits per heavy atom. The molecule has 5 nitrogen and oxygen atoms in total. The van der Waals surface area contributed by atoms with Crippen LogP contribution in [0.5, 0.6) is 0 Å². The van der Waals surface area contributed by atoms with Crippen molar-refractivity contribution in [2.75, 3.05) is 0 Å². The van der Waals surface area contributed by atoms with Gasteiger partial charge in [-0.05, 0) is 280 Å². The third-order valence-electron chi connectivity index (χ3n) is 29.5. The average molecular weight is 1820 g/mol. The zero-order chi connectivity index (χ0) is 94.1. The van der Waals surface area contributed by atoms with Gasteiger partial charge in [0.1, 0.15) is 11.0 Å². The van der Waals surface area contributed by atoms with Crippen molar-refractivity contribution in [3.8, 4) is 106 Å². The summed E-state index contributed by atoms with van der Waals surface area (Å²) < 4.78 is 15.8. The van der Waals surface area contributed by atoms with Gasteiger partial charge in [-0.2, -0.15) is 0 Å². The zero-order valence-electron chi connectivity index (χ0n) is 77.7. The van der Waals surface area contributed by atoms with Crippen LogP contribution in [-0.4, -0.2) is 14.5 Å². The fourth-order valence-corrected chi connectivity index (χ4v) is 23.2. The molecule has 0 saturated carbocycles. The largest absolute Gasteiger partial charge is 0.435 e. The SMILES string of the molecule is c1ccc(-c2c3ccccc3c(-c3ccc4c5ccccc5n(-c5ccc6ccccc6c5)c4c3)c3ccccc23)cc1.c1ccc(-c2nc3ccc4c(-c5c6ccccc6c(-c6ccc(-c7cccc8ccccc78)cc6)c6ccccc56)cc5ccccc5c4c3o2)cc1.c1ccc(-c2nc3ccc4c(-c5c6ccccc6c(-c6cccc7ccccc67)c6ccccc56)cc5ccccc5c4c3o2)cc1. The summed E-state index contributed by atoms with van der Waals surface area (Å²) in [7, 11) is 0. The molecule has 0 aliphatic rings. The molecule has 0 aliphatic carbocycles. The van der Waals surface area contributed by atoms with E-state index in [1.165, 1.54) is 213 Å². The van der Waals surface area contributed by atoms with Crippen molar-refractivity contribution in [2.45, 2.75) is 0 Å². The molecular formula is C138H85N3O2. The van der Waals surface area contributed by atoms with Gasteiger partial charge in [-0.15, -0.1) is 0 Å². The van der Waals surface area contributed by atoms with Crippen molar-refractivity contribution in [1.82, 2.24) is 14.5 Å². The summed E-state index contributed by atoms with van der Waals surface area (Å²) in [6.07, 6.45) is 0. The second-order valence-corrected chi connectivity index (χ2v) is 37.4. The number of para-hydroxylation sites is 1. The molecule has 0 N–H and O–H groups in total. The predicted molar refractivity (Wildman–Crippen MR) is 605 cm³/mol. The normalized spacial score (nSPS) is 11.8. The average Bonchev–Trinajstić information content (AvgIpc) is 1.40. The summed E-state index contributed by atoms with van der Waals surface area (Å²) >= 11 is 0. The number of aromatic nitrogens is 3. The van der Waals surface area contributed by atoms with E-state index in [0.29, 0.717) is 11.8 Å². The minimum absolute atomic E-state index is 0.634. The van der Waals surface area contributed by atoms with Gasteiger partial charge in [0.05, 0.1) is 11.0 Å². The number of rotatable bonds is 10. The van der Waals surface area contributed by atoms with E-state index in [9.17, 15) is 0 Å². The summed E-state index contributed by atoms with van der Waals surface area (Å²) in [5.41, 5.74) is 26.2. The lowest BCUT2D eigenvalue weighted by atomic mass is 9.83. The summed E-state index contributed by atoms with van der Waals surface area (Å²) in [5, 5.41) is 34.1. The van der Waals surface area contributed by atoms with E-state index in [2.05, 4.69) is 460 Å². The summed E-state index contributed by atoms with van der Waals surface area (Å²) in [6.45, 7) is 0. The quantitative estimate of drug-likeness (QED) is 0.101. The second kappa shape index (κ2) is 34.0. The van der Waals surface area contributed by atoms with Crippen molar-refractivity contribution in [3.63, 3.8) is 0 Å². The number of nitrogens with zero attached hydrogens (tertiary/aromatic N) is 3. The Balaban J connectivity index is 0.000000105. The summed E-state index contributed by atoms with van der Waals surface area (Å²) in [4.78, 5) is 9.91. The molecule has 3 aromatic heterocycles. The molecule has 143 heavy (non-hydrogen) atoms. The van der Waals surface area contributed by atoms with E-state index in [-0.39, 0.29) is 0 Å². The number of benzene rings is 27. The smallest absolute Gasteiger partial charge is 0.227 e. The van der Waals surface area contributed by atoms with Crippen LogP contribution < -0.4 is 0 Å². The molecule has 30 aromatic rings. The van der Waals surface area contributed by atoms with Crippen LogP contribution in [0.15, 0.2) is 524 Å². The van der Waals surface area contributed by atoms with Crippen LogP contribution in [0, 0.1) is 0 Å². The first-order valence-corrected chi connectivity index (χ1v) is 49.1. The van der Waals surface area contributed by atoms with Gasteiger partial charge >= 0.3 is 0 Å². The maximum atomic E-state index is 6.67. The van der Waals surface area contributed by atoms with Gasteiger partial charge in [0.2, 0.25) is 11.8 Å². The molecule has 0 spiro atoms. The highest BCUT2D eigenvalue weighted by atomic mass is 16.4. The molecule has 0 fully saturated rings. The molecule has 3 heterocycles. The van der Waals surface area contributed by atoms with E-state index in [1.54, 1.807) is 0 Å². The number of oxazole rings is 2. The van der Waals surface area contributed by atoms with Gasteiger partial charge in [-0.25, -0.2) is 9.97 Å². The maximum absolute atomic E-state index is 6.67. The molecule has 664 valence electrons. The highest BCUT2D eigenvalue weighted by molar-refractivity contribution is 6.32. The predicted octanol–water partition coefficient (Wildman–Crippen LogP) is 38.4. The molecule has 0 radical (unpaired) electrons.